The third kappa shape index (κ3) is 3.60. The van der Waals surface area contributed by atoms with Gasteiger partial charge >= 0.3 is 0 Å². The van der Waals surface area contributed by atoms with E-state index in [9.17, 15) is 0 Å². The molecule has 0 N–H and O–H groups in total. The molecule has 2 aliphatic rings. The maximum absolute atomic E-state index is 5.93. The van der Waals surface area contributed by atoms with Crippen molar-refractivity contribution < 1.29 is 9.47 Å². The summed E-state index contributed by atoms with van der Waals surface area (Å²) < 4.78 is 13.7. The smallest absolute Gasteiger partial charge is 0.213 e. The van der Waals surface area contributed by atoms with Gasteiger partial charge in [0.25, 0.3) is 0 Å². The number of fused-ring (bicyclic) bond motifs is 1. The Bertz CT molecular complexity index is 639. The van der Waals surface area contributed by atoms with Crippen LogP contribution in [0.3, 0.4) is 0 Å². The van der Waals surface area contributed by atoms with Crippen LogP contribution in [0.2, 0.25) is 0 Å². The quantitative estimate of drug-likeness (QED) is 0.859. The van der Waals surface area contributed by atoms with Crippen LogP contribution in [0.5, 0.6) is 5.88 Å². The largest absolute Gasteiger partial charge is 0.477 e. The molecule has 0 bridgehead atoms. The van der Waals surface area contributed by atoms with Gasteiger partial charge in [-0.15, -0.1) is 0 Å². The molecule has 2 aromatic rings. The average molecular weight is 328 g/mol. The number of rotatable bonds is 4. The summed E-state index contributed by atoms with van der Waals surface area (Å²) in [6.45, 7) is 5.37. The summed E-state index contributed by atoms with van der Waals surface area (Å²) in [5, 5.41) is 0. The second-order valence-corrected chi connectivity index (χ2v) is 6.66. The Kier molecular flexibility index (Phi) is 4.76. The molecule has 24 heavy (non-hydrogen) atoms. The van der Waals surface area contributed by atoms with Gasteiger partial charge in [0.15, 0.2) is 0 Å². The number of nitrogens with zero attached hydrogens (tertiary/aromatic N) is 4. The SMILES string of the molecule is c1ccc(OCC2CN(C3CCOCC3)Cc3cncn3C2)nc1. The van der Waals surface area contributed by atoms with E-state index >= 15 is 0 Å². The van der Waals surface area contributed by atoms with Crippen molar-refractivity contribution in [2.24, 2.45) is 5.92 Å². The first-order chi connectivity index (χ1) is 11.9. The first-order valence-corrected chi connectivity index (χ1v) is 8.73. The molecule has 0 aromatic carbocycles. The van der Waals surface area contributed by atoms with E-state index in [1.54, 1.807) is 6.20 Å². The number of hydrogen-bond donors (Lipinski definition) is 0. The molecule has 0 aliphatic carbocycles. The molecule has 0 saturated carbocycles. The fourth-order valence-corrected chi connectivity index (χ4v) is 3.65. The van der Waals surface area contributed by atoms with Crippen LogP contribution >= 0.6 is 0 Å². The fourth-order valence-electron chi connectivity index (χ4n) is 3.65. The molecule has 1 fully saturated rings. The highest BCUT2D eigenvalue weighted by Gasteiger charge is 2.28. The molecule has 4 rings (SSSR count). The number of pyridine rings is 1. The zero-order chi connectivity index (χ0) is 16.2. The van der Waals surface area contributed by atoms with Crippen molar-refractivity contribution in [3.63, 3.8) is 0 Å². The lowest BCUT2D eigenvalue weighted by Gasteiger charge is -2.34. The molecule has 1 saturated heterocycles. The molecule has 0 amide bonds. The molecule has 1 atom stereocenters. The summed E-state index contributed by atoms with van der Waals surface area (Å²) in [6.07, 6.45) is 7.93. The zero-order valence-corrected chi connectivity index (χ0v) is 13.9. The summed E-state index contributed by atoms with van der Waals surface area (Å²) in [4.78, 5) is 11.2. The van der Waals surface area contributed by atoms with Crippen molar-refractivity contribution >= 4 is 0 Å². The van der Waals surface area contributed by atoms with Crippen LogP contribution in [-0.4, -0.2) is 51.8 Å². The lowest BCUT2D eigenvalue weighted by atomic mass is 10.0. The highest BCUT2D eigenvalue weighted by Crippen LogP contribution is 2.23. The van der Waals surface area contributed by atoms with Crippen molar-refractivity contribution in [2.75, 3.05) is 26.4 Å². The van der Waals surface area contributed by atoms with Gasteiger partial charge in [0.2, 0.25) is 5.88 Å². The van der Waals surface area contributed by atoms with Crippen LogP contribution in [-0.2, 0) is 17.8 Å². The van der Waals surface area contributed by atoms with Crippen molar-refractivity contribution in [3.8, 4) is 5.88 Å². The third-order valence-electron chi connectivity index (χ3n) is 4.92. The lowest BCUT2D eigenvalue weighted by Crippen LogP contribution is -2.41. The Balaban J connectivity index is 1.46. The topological polar surface area (TPSA) is 52.4 Å². The van der Waals surface area contributed by atoms with Crippen molar-refractivity contribution in [1.82, 2.24) is 19.4 Å². The van der Waals surface area contributed by atoms with Crippen LogP contribution in [0, 0.1) is 5.92 Å². The molecule has 2 aromatic heterocycles. The summed E-state index contributed by atoms with van der Waals surface area (Å²) in [5.74, 6) is 1.12. The molecular formula is C18H24N4O2. The molecule has 0 spiro atoms. The second-order valence-electron chi connectivity index (χ2n) is 6.66. The molecule has 1 unspecified atom stereocenters. The van der Waals surface area contributed by atoms with E-state index in [0.717, 1.165) is 45.7 Å². The molecule has 128 valence electrons. The van der Waals surface area contributed by atoms with Gasteiger partial charge in [-0.1, -0.05) is 6.07 Å². The van der Waals surface area contributed by atoms with Gasteiger partial charge in [-0.25, -0.2) is 9.97 Å². The summed E-state index contributed by atoms with van der Waals surface area (Å²) in [5.41, 5.74) is 1.29. The van der Waals surface area contributed by atoms with Gasteiger partial charge in [0.1, 0.15) is 0 Å². The van der Waals surface area contributed by atoms with E-state index in [-0.39, 0.29) is 0 Å². The van der Waals surface area contributed by atoms with Crippen LogP contribution in [0.1, 0.15) is 18.5 Å². The van der Waals surface area contributed by atoms with Crippen molar-refractivity contribution in [1.29, 1.82) is 0 Å². The summed E-state index contributed by atoms with van der Waals surface area (Å²) in [6, 6.07) is 6.37. The van der Waals surface area contributed by atoms with E-state index < -0.39 is 0 Å². The zero-order valence-electron chi connectivity index (χ0n) is 13.9. The molecular weight excluding hydrogens is 304 g/mol. The van der Waals surface area contributed by atoms with Gasteiger partial charge in [-0.05, 0) is 18.9 Å². The predicted molar refractivity (Wildman–Crippen MR) is 89.7 cm³/mol. The first-order valence-electron chi connectivity index (χ1n) is 8.73. The van der Waals surface area contributed by atoms with Crippen LogP contribution in [0.25, 0.3) is 0 Å². The molecule has 6 heteroatoms. The summed E-state index contributed by atoms with van der Waals surface area (Å²) >= 11 is 0. The molecule has 4 heterocycles. The van der Waals surface area contributed by atoms with E-state index in [2.05, 4.69) is 19.4 Å². The van der Waals surface area contributed by atoms with Gasteiger partial charge in [0, 0.05) is 63.3 Å². The van der Waals surface area contributed by atoms with E-state index in [0.29, 0.717) is 24.4 Å². The van der Waals surface area contributed by atoms with Crippen molar-refractivity contribution in [2.45, 2.75) is 32.0 Å². The van der Waals surface area contributed by atoms with E-state index in [1.165, 1.54) is 5.69 Å². The highest BCUT2D eigenvalue weighted by atomic mass is 16.5. The fraction of sp³-hybridized carbons (Fsp3) is 0.556. The van der Waals surface area contributed by atoms with E-state index in [4.69, 9.17) is 9.47 Å². The minimum atomic E-state index is 0.422. The standard InChI is InChI=1S/C18H24N4O2/c1-2-6-20-18(3-1)24-13-15-10-21(16-4-7-23-8-5-16)12-17-9-19-14-22(17)11-15/h1-3,6,9,14-16H,4-5,7-8,10-13H2. The normalized spacial score (nSPS) is 22.8. The first kappa shape index (κ1) is 15.6. The monoisotopic (exact) mass is 328 g/mol. The minimum Gasteiger partial charge on any atom is -0.477 e. The minimum absolute atomic E-state index is 0.422. The Hall–Kier alpha value is -1.92. The second kappa shape index (κ2) is 7.32. The van der Waals surface area contributed by atoms with Crippen molar-refractivity contribution in [3.05, 3.63) is 42.6 Å². The highest BCUT2D eigenvalue weighted by molar-refractivity contribution is 5.09. The van der Waals surface area contributed by atoms with E-state index in [1.807, 2.05) is 30.7 Å². The average Bonchev–Trinajstić information content (AvgIpc) is 2.99. The van der Waals surface area contributed by atoms with Crippen LogP contribution in [0.4, 0.5) is 0 Å². The molecule has 6 nitrogen and oxygen atoms in total. The maximum Gasteiger partial charge on any atom is 0.213 e. The Morgan fingerprint density at radius 1 is 1.21 bits per heavy atom. The Labute approximate surface area is 142 Å². The number of ether oxygens (including phenoxy) is 2. The lowest BCUT2D eigenvalue weighted by molar-refractivity contribution is 0.0233. The predicted octanol–water partition coefficient (Wildman–Crippen LogP) is 1.97. The number of aromatic nitrogens is 3. The van der Waals surface area contributed by atoms with Crippen LogP contribution in [0.15, 0.2) is 36.9 Å². The van der Waals surface area contributed by atoms with Gasteiger partial charge in [-0.3, -0.25) is 4.90 Å². The Morgan fingerprint density at radius 2 is 2.12 bits per heavy atom. The molecule has 0 radical (unpaired) electrons. The maximum atomic E-state index is 5.93. The summed E-state index contributed by atoms with van der Waals surface area (Å²) in [7, 11) is 0. The van der Waals surface area contributed by atoms with Crippen LogP contribution < -0.4 is 4.74 Å². The third-order valence-corrected chi connectivity index (χ3v) is 4.92. The molecule has 2 aliphatic heterocycles. The Morgan fingerprint density at radius 3 is 2.96 bits per heavy atom. The van der Waals surface area contributed by atoms with Gasteiger partial charge in [0.05, 0.1) is 18.6 Å². The van der Waals surface area contributed by atoms with Gasteiger partial charge in [-0.2, -0.15) is 0 Å². The van der Waals surface area contributed by atoms with Gasteiger partial charge < -0.3 is 14.0 Å². The number of hydrogen-bond acceptors (Lipinski definition) is 5. The number of imidazole rings is 1.